The van der Waals surface area contributed by atoms with E-state index in [2.05, 4.69) is 11.4 Å². The first-order valence-electron chi connectivity index (χ1n) is 6.87. The van der Waals surface area contributed by atoms with E-state index in [4.69, 9.17) is 5.26 Å². The van der Waals surface area contributed by atoms with Crippen LogP contribution in [0.4, 0.5) is 5.69 Å². The molecule has 1 fully saturated rings. The van der Waals surface area contributed by atoms with Gasteiger partial charge in [0.2, 0.25) is 11.8 Å². The molecule has 0 radical (unpaired) electrons. The van der Waals surface area contributed by atoms with E-state index in [1.807, 2.05) is 31.2 Å². The molecule has 0 aromatic heterocycles. The quantitative estimate of drug-likeness (QED) is 0.808. The van der Waals surface area contributed by atoms with Crippen molar-refractivity contribution in [1.82, 2.24) is 4.90 Å². The van der Waals surface area contributed by atoms with Crippen molar-refractivity contribution >= 4 is 41.0 Å². The number of para-hydroxylation sites is 1. The number of carbonyl (C=O) groups excluding carboxylic acids is 2. The molecule has 1 N–H and O–H groups in total. The Balaban J connectivity index is 1.95. The summed E-state index contributed by atoms with van der Waals surface area (Å²) in [4.78, 5) is 26.1. The number of rotatable bonds is 6. The number of nitrogens with zero attached hydrogens (tertiary/aromatic N) is 2. The minimum Gasteiger partial charge on any atom is -0.324 e. The van der Waals surface area contributed by atoms with Crippen molar-refractivity contribution in [2.24, 2.45) is 5.92 Å². The maximum atomic E-state index is 12.1. The van der Waals surface area contributed by atoms with Crippen LogP contribution in [0.2, 0.25) is 0 Å². The van der Waals surface area contributed by atoms with Gasteiger partial charge in [0.05, 0.1) is 29.3 Å². The lowest BCUT2D eigenvalue weighted by Crippen LogP contribution is -2.34. The topological polar surface area (TPSA) is 73.2 Å². The molecule has 1 aromatic rings. The van der Waals surface area contributed by atoms with Gasteiger partial charge in [-0.05, 0) is 19.1 Å². The molecule has 0 saturated carbocycles. The van der Waals surface area contributed by atoms with Crippen molar-refractivity contribution < 1.29 is 9.59 Å². The molecule has 1 aliphatic rings. The van der Waals surface area contributed by atoms with Crippen LogP contribution < -0.4 is 5.32 Å². The highest BCUT2D eigenvalue weighted by molar-refractivity contribution is 8.00. The highest BCUT2D eigenvalue weighted by atomic mass is 32.2. The van der Waals surface area contributed by atoms with E-state index in [1.165, 1.54) is 11.8 Å². The highest BCUT2D eigenvalue weighted by Gasteiger charge is 2.23. The van der Waals surface area contributed by atoms with Gasteiger partial charge in [0.25, 0.3) is 0 Å². The van der Waals surface area contributed by atoms with Crippen molar-refractivity contribution in [3.05, 3.63) is 24.3 Å². The molecule has 0 unspecified atom stereocenters. The first-order valence-corrected chi connectivity index (χ1v) is 9.01. The van der Waals surface area contributed by atoms with Gasteiger partial charge in [-0.2, -0.15) is 5.26 Å². The summed E-state index contributed by atoms with van der Waals surface area (Å²) in [5, 5.41) is 11.7. The minimum atomic E-state index is -0.197. The van der Waals surface area contributed by atoms with Crippen molar-refractivity contribution in [2.75, 3.05) is 29.2 Å². The van der Waals surface area contributed by atoms with Gasteiger partial charge < -0.3 is 10.2 Å². The molecule has 2 amide bonds. The second-order valence-corrected chi connectivity index (χ2v) is 6.97. The van der Waals surface area contributed by atoms with E-state index in [0.29, 0.717) is 17.4 Å². The molecule has 5 nitrogen and oxygen atoms in total. The second-order valence-electron chi connectivity index (χ2n) is 4.95. The lowest BCUT2D eigenvalue weighted by atomic mass is 10.3. The standard InChI is InChI=1S/C15H17N3O2S2/c1-11(6-16)8-22-13-5-3-2-4-12(13)17-14(19)7-18-10-21-9-15(18)20/h2-5,11H,7-10H2,1H3,(H,17,19)/t11-/m1/s1. The fraction of sp³-hybridized carbons (Fsp3) is 0.400. The zero-order valence-corrected chi connectivity index (χ0v) is 13.9. The second kappa shape index (κ2) is 8.11. The number of benzene rings is 1. The molecule has 0 spiro atoms. The summed E-state index contributed by atoms with van der Waals surface area (Å²) in [5.74, 6) is 1.45. The predicted octanol–water partition coefficient (Wildman–Crippen LogP) is 2.41. The minimum absolute atomic E-state index is 0.00524. The van der Waals surface area contributed by atoms with Gasteiger partial charge >= 0.3 is 0 Å². The summed E-state index contributed by atoms with van der Waals surface area (Å²) >= 11 is 3.06. The monoisotopic (exact) mass is 335 g/mol. The van der Waals surface area contributed by atoms with Gasteiger partial charge in [-0.25, -0.2) is 0 Å². The van der Waals surface area contributed by atoms with E-state index in [9.17, 15) is 9.59 Å². The third-order valence-electron chi connectivity index (χ3n) is 3.03. The number of hydrogen-bond donors (Lipinski definition) is 1. The maximum absolute atomic E-state index is 12.1. The molecule has 0 bridgehead atoms. The number of amides is 2. The molecule has 1 aromatic carbocycles. The highest BCUT2D eigenvalue weighted by Crippen LogP contribution is 2.28. The molecular weight excluding hydrogens is 318 g/mol. The zero-order chi connectivity index (χ0) is 15.9. The number of thioether (sulfide) groups is 2. The van der Waals surface area contributed by atoms with Crippen LogP contribution in [0.1, 0.15) is 6.92 Å². The largest absolute Gasteiger partial charge is 0.324 e. The van der Waals surface area contributed by atoms with Crippen molar-refractivity contribution in [3.63, 3.8) is 0 Å². The first-order chi connectivity index (χ1) is 10.6. The van der Waals surface area contributed by atoms with E-state index < -0.39 is 0 Å². The van der Waals surface area contributed by atoms with Crippen LogP contribution >= 0.6 is 23.5 Å². The molecule has 1 atom stereocenters. The predicted molar refractivity (Wildman–Crippen MR) is 89.6 cm³/mol. The van der Waals surface area contributed by atoms with Crippen molar-refractivity contribution in [2.45, 2.75) is 11.8 Å². The third kappa shape index (κ3) is 4.68. The van der Waals surface area contributed by atoms with Crippen LogP contribution in [0.25, 0.3) is 0 Å². The average Bonchev–Trinajstić information content (AvgIpc) is 2.91. The zero-order valence-electron chi connectivity index (χ0n) is 12.2. The molecular formula is C15H17N3O2S2. The summed E-state index contributed by atoms with van der Waals surface area (Å²) in [7, 11) is 0. The third-order valence-corrected chi connectivity index (χ3v) is 5.31. The summed E-state index contributed by atoms with van der Waals surface area (Å²) in [5.41, 5.74) is 0.724. The van der Waals surface area contributed by atoms with Gasteiger partial charge in [-0.3, -0.25) is 9.59 Å². The van der Waals surface area contributed by atoms with Gasteiger partial charge in [0.15, 0.2) is 0 Å². The smallest absolute Gasteiger partial charge is 0.244 e. The van der Waals surface area contributed by atoms with Gasteiger partial charge in [0.1, 0.15) is 6.54 Å². The summed E-state index contributed by atoms with van der Waals surface area (Å²) in [6.07, 6.45) is 0. The van der Waals surface area contributed by atoms with Crippen LogP contribution in [0.3, 0.4) is 0 Å². The van der Waals surface area contributed by atoms with E-state index in [1.54, 1.807) is 16.7 Å². The van der Waals surface area contributed by atoms with Crippen molar-refractivity contribution in [1.29, 1.82) is 5.26 Å². The molecule has 0 aliphatic carbocycles. The van der Waals surface area contributed by atoms with Crippen LogP contribution in [0.5, 0.6) is 0 Å². The maximum Gasteiger partial charge on any atom is 0.244 e. The lowest BCUT2D eigenvalue weighted by Gasteiger charge is -2.15. The SMILES string of the molecule is C[C@H](C#N)CSc1ccccc1NC(=O)CN1CSCC1=O. The number of nitriles is 1. The number of anilines is 1. The molecule has 22 heavy (non-hydrogen) atoms. The number of carbonyl (C=O) groups is 2. The Labute approximate surface area is 138 Å². The molecule has 1 saturated heterocycles. The Morgan fingerprint density at radius 2 is 2.32 bits per heavy atom. The Kier molecular flexibility index (Phi) is 6.16. The summed E-state index contributed by atoms with van der Waals surface area (Å²) in [6.45, 7) is 1.95. The van der Waals surface area contributed by atoms with E-state index in [-0.39, 0.29) is 24.3 Å². The average molecular weight is 335 g/mol. The van der Waals surface area contributed by atoms with Crippen LogP contribution in [0.15, 0.2) is 29.2 Å². The van der Waals surface area contributed by atoms with E-state index >= 15 is 0 Å². The van der Waals surface area contributed by atoms with Crippen LogP contribution in [-0.2, 0) is 9.59 Å². The summed E-state index contributed by atoms with van der Waals surface area (Å²) in [6, 6.07) is 9.69. The fourth-order valence-electron chi connectivity index (χ4n) is 1.85. The fourth-order valence-corrected chi connectivity index (χ4v) is 3.71. The molecule has 1 aliphatic heterocycles. The Morgan fingerprint density at radius 3 is 3.00 bits per heavy atom. The number of hydrogen-bond acceptors (Lipinski definition) is 5. The normalized spacial score (nSPS) is 15.5. The number of nitrogens with one attached hydrogen (secondary N) is 1. The van der Waals surface area contributed by atoms with Crippen LogP contribution in [-0.4, -0.2) is 40.6 Å². The van der Waals surface area contributed by atoms with Crippen molar-refractivity contribution in [3.8, 4) is 6.07 Å². The lowest BCUT2D eigenvalue weighted by molar-refractivity contribution is -0.130. The Hall–Kier alpha value is -1.65. The van der Waals surface area contributed by atoms with Crippen LogP contribution in [0, 0.1) is 17.2 Å². The van der Waals surface area contributed by atoms with Gasteiger partial charge in [-0.15, -0.1) is 23.5 Å². The first kappa shape index (κ1) is 16.7. The van der Waals surface area contributed by atoms with Gasteiger partial charge in [0, 0.05) is 10.6 Å². The Bertz CT molecular complexity index is 601. The molecule has 2 rings (SSSR count). The molecule has 116 valence electrons. The summed E-state index contributed by atoms with van der Waals surface area (Å²) < 4.78 is 0. The molecule has 7 heteroatoms. The van der Waals surface area contributed by atoms with E-state index in [0.717, 1.165) is 10.6 Å². The van der Waals surface area contributed by atoms with Gasteiger partial charge in [-0.1, -0.05) is 12.1 Å². The Morgan fingerprint density at radius 1 is 1.55 bits per heavy atom. The molecule has 1 heterocycles.